The van der Waals surface area contributed by atoms with E-state index in [1.54, 1.807) is 4.57 Å². The molecule has 0 atom stereocenters. The van der Waals surface area contributed by atoms with Crippen LogP contribution >= 0.6 is 0 Å². The Balaban J connectivity index is 1.86. The first kappa shape index (κ1) is 19.2. The second-order valence-corrected chi connectivity index (χ2v) is 8.20. The molecule has 2 heterocycles. The summed E-state index contributed by atoms with van der Waals surface area (Å²) in [4.78, 5) is 13.5. The highest BCUT2D eigenvalue weighted by molar-refractivity contribution is 6.11. The SMILES string of the molecule is Cc1ccc(-c2c(Nc3ccc(C)cc3C)oc3c2c(=O)n(C)c2ccccc32)cc1. The fourth-order valence-corrected chi connectivity index (χ4v) is 4.22. The molecular formula is C27H24N2O2. The average Bonchev–Trinajstić information content (AvgIpc) is 3.14. The summed E-state index contributed by atoms with van der Waals surface area (Å²) in [7, 11) is 1.81. The Labute approximate surface area is 180 Å². The van der Waals surface area contributed by atoms with Crippen LogP contribution in [0.3, 0.4) is 0 Å². The number of hydrogen-bond donors (Lipinski definition) is 1. The standard InChI is InChI=1S/C27H24N2O2/c1-16-9-12-19(13-10-16)23-24-25(20-7-5-6-8-22(20)29(4)27(24)30)31-26(23)28-21-14-11-17(2)15-18(21)3/h5-15,28H,1-4H3. The zero-order chi connectivity index (χ0) is 21.7. The Morgan fingerprint density at radius 1 is 0.871 bits per heavy atom. The number of pyridine rings is 1. The Bertz CT molecular complexity index is 1510. The van der Waals surface area contributed by atoms with Gasteiger partial charge in [0, 0.05) is 18.1 Å². The van der Waals surface area contributed by atoms with Crippen LogP contribution in [0.1, 0.15) is 16.7 Å². The monoisotopic (exact) mass is 408 g/mol. The predicted octanol–water partition coefficient (Wildman–Crippen LogP) is 6.62. The summed E-state index contributed by atoms with van der Waals surface area (Å²) >= 11 is 0. The Kier molecular flexibility index (Phi) is 4.44. The van der Waals surface area contributed by atoms with Crippen molar-refractivity contribution in [3.63, 3.8) is 0 Å². The van der Waals surface area contributed by atoms with Crippen LogP contribution in [-0.2, 0) is 7.05 Å². The molecule has 4 nitrogen and oxygen atoms in total. The highest BCUT2D eigenvalue weighted by atomic mass is 16.4. The van der Waals surface area contributed by atoms with E-state index < -0.39 is 0 Å². The molecular weight excluding hydrogens is 384 g/mol. The first-order valence-electron chi connectivity index (χ1n) is 10.4. The van der Waals surface area contributed by atoms with Gasteiger partial charge in [0.25, 0.3) is 5.56 Å². The van der Waals surface area contributed by atoms with Gasteiger partial charge in [-0.2, -0.15) is 0 Å². The smallest absolute Gasteiger partial charge is 0.262 e. The molecule has 154 valence electrons. The fraction of sp³-hybridized carbons (Fsp3) is 0.148. The van der Waals surface area contributed by atoms with Crippen molar-refractivity contribution in [2.45, 2.75) is 20.8 Å². The molecule has 0 radical (unpaired) electrons. The number of hydrogen-bond acceptors (Lipinski definition) is 3. The molecule has 0 saturated carbocycles. The average molecular weight is 409 g/mol. The molecule has 5 aromatic rings. The molecule has 0 amide bonds. The number of para-hydroxylation sites is 1. The molecule has 2 aromatic heterocycles. The maximum Gasteiger partial charge on any atom is 0.262 e. The number of anilines is 2. The summed E-state index contributed by atoms with van der Waals surface area (Å²) < 4.78 is 8.10. The van der Waals surface area contributed by atoms with Gasteiger partial charge in [0.1, 0.15) is 0 Å². The van der Waals surface area contributed by atoms with Gasteiger partial charge >= 0.3 is 0 Å². The van der Waals surface area contributed by atoms with Crippen molar-refractivity contribution < 1.29 is 4.42 Å². The lowest BCUT2D eigenvalue weighted by Crippen LogP contribution is -2.17. The topological polar surface area (TPSA) is 47.2 Å². The molecule has 0 spiro atoms. The minimum Gasteiger partial charge on any atom is -0.439 e. The van der Waals surface area contributed by atoms with Crippen LogP contribution in [0.2, 0.25) is 0 Å². The van der Waals surface area contributed by atoms with Crippen molar-refractivity contribution in [3.8, 4) is 11.1 Å². The molecule has 0 saturated heterocycles. The quantitative estimate of drug-likeness (QED) is 0.365. The Morgan fingerprint density at radius 2 is 1.58 bits per heavy atom. The van der Waals surface area contributed by atoms with Crippen molar-refractivity contribution in [3.05, 3.63) is 93.8 Å². The molecule has 0 fully saturated rings. The predicted molar refractivity (Wildman–Crippen MR) is 128 cm³/mol. The highest BCUT2D eigenvalue weighted by Gasteiger charge is 2.23. The van der Waals surface area contributed by atoms with Gasteiger partial charge in [0.2, 0.25) is 5.88 Å². The van der Waals surface area contributed by atoms with E-state index in [2.05, 4.69) is 50.4 Å². The third kappa shape index (κ3) is 3.12. The van der Waals surface area contributed by atoms with Crippen LogP contribution in [0.25, 0.3) is 33.0 Å². The molecule has 1 N–H and O–H groups in total. The third-order valence-electron chi connectivity index (χ3n) is 5.91. The third-order valence-corrected chi connectivity index (χ3v) is 5.91. The van der Waals surface area contributed by atoms with Gasteiger partial charge in [-0.3, -0.25) is 4.79 Å². The van der Waals surface area contributed by atoms with Gasteiger partial charge in [-0.05, 0) is 50.1 Å². The summed E-state index contributed by atoms with van der Waals surface area (Å²) in [5, 5.41) is 4.98. The van der Waals surface area contributed by atoms with Gasteiger partial charge in [-0.25, -0.2) is 0 Å². The van der Waals surface area contributed by atoms with E-state index in [1.165, 1.54) is 11.1 Å². The second kappa shape index (κ2) is 7.17. The van der Waals surface area contributed by atoms with Crippen LogP contribution in [0.4, 0.5) is 11.6 Å². The lowest BCUT2D eigenvalue weighted by atomic mass is 10.0. The van der Waals surface area contributed by atoms with Gasteiger partial charge in [-0.1, -0.05) is 59.7 Å². The van der Waals surface area contributed by atoms with Crippen molar-refractivity contribution in [2.24, 2.45) is 7.05 Å². The molecule has 31 heavy (non-hydrogen) atoms. The number of rotatable bonds is 3. The van der Waals surface area contributed by atoms with Gasteiger partial charge < -0.3 is 14.3 Å². The number of fused-ring (bicyclic) bond motifs is 3. The molecule has 3 aromatic carbocycles. The molecule has 0 unspecified atom stereocenters. The molecule has 5 rings (SSSR count). The van der Waals surface area contributed by atoms with E-state index in [0.29, 0.717) is 16.9 Å². The maximum atomic E-state index is 13.5. The second-order valence-electron chi connectivity index (χ2n) is 8.20. The largest absolute Gasteiger partial charge is 0.439 e. The fourth-order valence-electron chi connectivity index (χ4n) is 4.22. The molecule has 0 aliphatic carbocycles. The number of nitrogens with one attached hydrogen (secondary N) is 1. The summed E-state index contributed by atoms with van der Waals surface area (Å²) in [6.07, 6.45) is 0. The van der Waals surface area contributed by atoms with Crippen LogP contribution in [-0.4, -0.2) is 4.57 Å². The maximum absolute atomic E-state index is 13.5. The first-order valence-corrected chi connectivity index (χ1v) is 10.4. The van der Waals surface area contributed by atoms with Gasteiger partial charge in [0.15, 0.2) is 5.58 Å². The van der Waals surface area contributed by atoms with Crippen molar-refractivity contribution in [2.75, 3.05) is 5.32 Å². The highest BCUT2D eigenvalue weighted by Crippen LogP contribution is 2.41. The molecule has 0 aliphatic rings. The van der Waals surface area contributed by atoms with Crippen LogP contribution in [0, 0.1) is 20.8 Å². The lowest BCUT2D eigenvalue weighted by molar-refractivity contribution is 0.637. The van der Waals surface area contributed by atoms with Crippen molar-refractivity contribution in [1.29, 1.82) is 0 Å². The zero-order valence-corrected chi connectivity index (χ0v) is 18.1. The number of nitrogens with zero attached hydrogens (tertiary/aromatic N) is 1. The first-order chi connectivity index (χ1) is 14.9. The summed E-state index contributed by atoms with van der Waals surface area (Å²) in [5.41, 5.74) is 7.58. The Hall–Kier alpha value is -3.79. The van der Waals surface area contributed by atoms with E-state index in [4.69, 9.17) is 4.42 Å². The summed E-state index contributed by atoms with van der Waals surface area (Å²) in [6.45, 7) is 6.20. The summed E-state index contributed by atoms with van der Waals surface area (Å²) in [5.74, 6) is 0.583. The van der Waals surface area contributed by atoms with Crippen molar-refractivity contribution >= 4 is 33.4 Å². The van der Waals surface area contributed by atoms with Crippen LogP contribution in [0.15, 0.2) is 75.9 Å². The normalized spacial score (nSPS) is 11.4. The minimum atomic E-state index is -0.0679. The van der Waals surface area contributed by atoms with Crippen LogP contribution in [0.5, 0.6) is 0 Å². The summed E-state index contributed by atoms with van der Waals surface area (Å²) in [6, 6.07) is 22.3. The van der Waals surface area contributed by atoms with E-state index in [0.717, 1.165) is 33.3 Å². The van der Waals surface area contributed by atoms with Gasteiger partial charge in [0.05, 0.1) is 16.5 Å². The Morgan fingerprint density at radius 3 is 2.32 bits per heavy atom. The van der Waals surface area contributed by atoms with E-state index in [1.807, 2.05) is 49.5 Å². The molecule has 0 bridgehead atoms. The lowest BCUT2D eigenvalue weighted by Gasteiger charge is -2.10. The number of aryl methyl sites for hydroxylation is 4. The van der Waals surface area contributed by atoms with Crippen molar-refractivity contribution in [1.82, 2.24) is 4.57 Å². The van der Waals surface area contributed by atoms with Crippen LogP contribution < -0.4 is 10.9 Å². The molecule has 4 heteroatoms. The van der Waals surface area contributed by atoms with Gasteiger partial charge in [-0.15, -0.1) is 0 Å². The zero-order valence-electron chi connectivity index (χ0n) is 18.1. The number of furan rings is 1. The number of aromatic nitrogens is 1. The van der Waals surface area contributed by atoms with E-state index in [9.17, 15) is 4.79 Å². The minimum absolute atomic E-state index is 0.0679. The van der Waals surface area contributed by atoms with E-state index >= 15 is 0 Å². The van der Waals surface area contributed by atoms with E-state index in [-0.39, 0.29) is 5.56 Å². The number of benzene rings is 3. The molecule has 0 aliphatic heterocycles.